The maximum atomic E-state index is 12.6. The first kappa shape index (κ1) is 15.5. The van der Waals surface area contributed by atoms with Crippen molar-refractivity contribution in [2.45, 2.75) is 23.4 Å². The van der Waals surface area contributed by atoms with Gasteiger partial charge in [0.2, 0.25) is 5.95 Å². The van der Waals surface area contributed by atoms with E-state index in [1.54, 1.807) is 6.20 Å². The third-order valence-electron chi connectivity index (χ3n) is 4.99. The van der Waals surface area contributed by atoms with E-state index in [0.717, 1.165) is 28.7 Å². The molecule has 0 N–H and O–H groups in total. The molecule has 1 unspecified atom stereocenters. The van der Waals surface area contributed by atoms with Gasteiger partial charge in [0.05, 0.1) is 11.9 Å². The highest BCUT2D eigenvalue weighted by molar-refractivity contribution is 8.13. The van der Waals surface area contributed by atoms with E-state index in [4.69, 9.17) is 0 Å². The Morgan fingerprint density at radius 2 is 2.08 bits per heavy atom. The minimum atomic E-state index is -0.217. The van der Waals surface area contributed by atoms with Gasteiger partial charge >= 0.3 is 0 Å². The number of thioether (sulfide) groups is 1. The zero-order valence-electron chi connectivity index (χ0n) is 14.1. The molecule has 1 spiro atoms. The van der Waals surface area contributed by atoms with Crippen LogP contribution < -0.4 is 4.90 Å². The number of carbonyl (C=O) groups excluding carboxylic acids is 1. The molecule has 2 aromatic rings. The molecule has 5 rings (SSSR count). The van der Waals surface area contributed by atoms with Crippen LogP contribution in [0.2, 0.25) is 0 Å². The van der Waals surface area contributed by atoms with Gasteiger partial charge in [0.15, 0.2) is 5.12 Å². The molecule has 0 bridgehead atoms. The Labute approximate surface area is 156 Å². The number of fused-ring (bicyclic) bond motifs is 3. The highest BCUT2D eigenvalue weighted by Gasteiger charge is 2.48. The van der Waals surface area contributed by atoms with Gasteiger partial charge < -0.3 is 4.90 Å². The van der Waals surface area contributed by atoms with Crippen molar-refractivity contribution in [3.8, 4) is 0 Å². The number of hydrogen-bond acceptors (Lipinski definition) is 4. The van der Waals surface area contributed by atoms with Gasteiger partial charge in [0.25, 0.3) is 0 Å². The van der Waals surface area contributed by atoms with Gasteiger partial charge in [-0.3, -0.25) is 9.36 Å². The second-order valence-electron chi connectivity index (χ2n) is 6.55. The summed E-state index contributed by atoms with van der Waals surface area (Å²) in [7, 11) is 0. The van der Waals surface area contributed by atoms with E-state index in [0.29, 0.717) is 6.42 Å². The van der Waals surface area contributed by atoms with Crippen LogP contribution in [0.1, 0.15) is 12.0 Å². The zero-order chi connectivity index (χ0) is 17.6. The van der Waals surface area contributed by atoms with Crippen LogP contribution in [-0.4, -0.2) is 20.2 Å². The Morgan fingerprint density at radius 3 is 2.96 bits per heavy atom. The van der Waals surface area contributed by atoms with Crippen LogP contribution in [0, 0.1) is 0 Å². The molecular weight excluding hydrogens is 342 g/mol. The van der Waals surface area contributed by atoms with E-state index in [1.807, 2.05) is 36.4 Å². The lowest BCUT2D eigenvalue weighted by molar-refractivity contribution is -0.110. The summed E-state index contributed by atoms with van der Waals surface area (Å²) in [6.45, 7) is 0. The van der Waals surface area contributed by atoms with Crippen molar-refractivity contribution in [1.29, 1.82) is 0 Å². The van der Waals surface area contributed by atoms with Crippen molar-refractivity contribution in [3.05, 3.63) is 84.7 Å². The highest BCUT2D eigenvalue weighted by atomic mass is 32.2. The van der Waals surface area contributed by atoms with Crippen LogP contribution in [0.4, 0.5) is 5.95 Å². The first-order valence-electron chi connectivity index (χ1n) is 8.63. The van der Waals surface area contributed by atoms with Crippen molar-refractivity contribution < 1.29 is 4.79 Å². The summed E-state index contributed by atoms with van der Waals surface area (Å²) >= 11 is 1.27. The minimum absolute atomic E-state index is 0.121. The summed E-state index contributed by atoms with van der Waals surface area (Å²) in [5.74, 6) is 0.871. The first-order valence-corrected chi connectivity index (χ1v) is 9.45. The van der Waals surface area contributed by atoms with Crippen LogP contribution >= 0.6 is 11.8 Å². The summed E-state index contributed by atoms with van der Waals surface area (Å²) in [5.41, 5.74) is 1.97. The maximum Gasteiger partial charge on any atom is 0.216 e. The topological polar surface area (TPSA) is 38.1 Å². The minimum Gasteiger partial charge on any atom is -0.303 e. The fourth-order valence-corrected chi connectivity index (χ4v) is 4.67. The lowest BCUT2D eigenvalue weighted by atomic mass is 9.85. The predicted molar refractivity (Wildman–Crippen MR) is 105 cm³/mol. The van der Waals surface area contributed by atoms with Gasteiger partial charge in [-0.25, -0.2) is 4.98 Å². The Kier molecular flexibility index (Phi) is 3.50. The molecule has 0 saturated heterocycles. The Balaban J connectivity index is 1.49. The molecule has 2 aliphatic heterocycles. The van der Waals surface area contributed by atoms with Crippen molar-refractivity contribution >= 4 is 28.5 Å². The van der Waals surface area contributed by atoms with E-state index >= 15 is 0 Å². The normalized spacial score (nSPS) is 22.0. The number of aromatic nitrogens is 2. The molecule has 1 aromatic heterocycles. The molecule has 1 aliphatic carbocycles. The molecule has 3 aliphatic rings. The van der Waals surface area contributed by atoms with Crippen LogP contribution in [-0.2, 0) is 11.2 Å². The van der Waals surface area contributed by atoms with Crippen molar-refractivity contribution in [2.24, 2.45) is 0 Å². The molecule has 1 atom stereocenters. The number of anilines is 1. The number of benzene rings is 1. The number of carbonyl (C=O) groups is 1. The molecule has 3 heterocycles. The number of rotatable bonds is 3. The van der Waals surface area contributed by atoms with Gasteiger partial charge in [-0.05, 0) is 35.9 Å². The summed E-state index contributed by atoms with van der Waals surface area (Å²) in [6.07, 6.45) is 17.9. The van der Waals surface area contributed by atoms with Crippen LogP contribution in [0.25, 0.3) is 5.70 Å². The summed E-state index contributed by atoms with van der Waals surface area (Å²) in [4.78, 5) is 19.4. The van der Waals surface area contributed by atoms with E-state index < -0.39 is 0 Å². The zero-order valence-corrected chi connectivity index (χ0v) is 14.9. The predicted octanol–water partition coefficient (Wildman–Crippen LogP) is 4.19. The molecule has 0 saturated carbocycles. The van der Waals surface area contributed by atoms with Crippen molar-refractivity contribution in [2.75, 3.05) is 4.90 Å². The fourth-order valence-electron chi connectivity index (χ4n) is 3.82. The largest absolute Gasteiger partial charge is 0.303 e. The van der Waals surface area contributed by atoms with Crippen LogP contribution in [0.5, 0.6) is 0 Å². The third kappa shape index (κ3) is 2.24. The van der Waals surface area contributed by atoms with Crippen LogP contribution in [0.15, 0.2) is 84.2 Å². The van der Waals surface area contributed by atoms with Crippen molar-refractivity contribution in [1.82, 2.24) is 9.55 Å². The van der Waals surface area contributed by atoms with E-state index in [2.05, 4.69) is 51.0 Å². The first-order chi connectivity index (χ1) is 12.8. The highest BCUT2D eigenvalue weighted by Crippen LogP contribution is 2.49. The maximum absolute atomic E-state index is 12.6. The fraction of sp³-hybridized carbons (Fsp3) is 0.143. The van der Waals surface area contributed by atoms with Gasteiger partial charge in [-0.15, -0.1) is 0 Å². The third-order valence-corrected chi connectivity index (χ3v) is 5.86. The quantitative estimate of drug-likeness (QED) is 0.771. The second-order valence-corrected chi connectivity index (χ2v) is 7.63. The summed E-state index contributed by atoms with van der Waals surface area (Å²) < 4.78 is 2.12. The lowest BCUT2D eigenvalue weighted by Crippen LogP contribution is -2.43. The number of hydrogen-bond donors (Lipinski definition) is 0. The van der Waals surface area contributed by atoms with E-state index in [9.17, 15) is 4.79 Å². The molecule has 0 amide bonds. The Bertz CT molecular complexity index is 1000. The Hall–Kier alpha value is -2.79. The van der Waals surface area contributed by atoms with Gasteiger partial charge in [-0.2, -0.15) is 0 Å². The standard InChI is InChI=1S/C21H17N3OS/c25-19(14-16-8-2-1-3-9-16)26-18-15-22-20-23-13-7-6-12-21(23)11-5-4-10-17(21)24(18)20/h1-10,12-13,15H,11,14H2. The SMILES string of the molecule is O=C(Cc1ccccc1)Sc1cnc2n1C1=CC=CCC13C=CC=CN23. The molecule has 1 aromatic carbocycles. The summed E-state index contributed by atoms with van der Waals surface area (Å²) in [6, 6.07) is 9.86. The van der Waals surface area contributed by atoms with E-state index in [-0.39, 0.29) is 10.7 Å². The molecule has 128 valence electrons. The molecular formula is C21H17N3OS. The second kappa shape index (κ2) is 5.88. The number of nitrogens with zero attached hydrogens (tertiary/aromatic N) is 3. The van der Waals surface area contributed by atoms with Gasteiger partial charge in [0, 0.05) is 12.6 Å². The smallest absolute Gasteiger partial charge is 0.216 e. The molecule has 0 fully saturated rings. The Morgan fingerprint density at radius 1 is 1.19 bits per heavy atom. The summed E-state index contributed by atoms with van der Waals surface area (Å²) in [5, 5.41) is 0.994. The monoisotopic (exact) mass is 359 g/mol. The van der Waals surface area contributed by atoms with E-state index in [1.165, 1.54) is 11.8 Å². The molecule has 5 heteroatoms. The molecule has 26 heavy (non-hydrogen) atoms. The van der Waals surface area contributed by atoms with Gasteiger partial charge in [0.1, 0.15) is 10.6 Å². The van der Waals surface area contributed by atoms with Crippen LogP contribution in [0.3, 0.4) is 0 Å². The average Bonchev–Trinajstić information content (AvgIpc) is 3.19. The lowest BCUT2D eigenvalue weighted by Gasteiger charge is -2.37. The molecule has 0 radical (unpaired) electrons. The number of allylic oxidation sites excluding steroid dienone is 4. The van der Waals surface area contributed by atoms with Crippen molar-refractivity contribution in [3.63, 3.8) is 0 Å². The molecule has 4 nitrogen and oxygen atoms in total. The average molecular weight is 359 g/mol. The van der Waals surface area contributed by atoms with Gasteiger partial charge in [-0.1, -0.05) is 54.6 Å². The number of imidazole rings is 1.